The van der Waals surface area contributed by atoms with Crippen molar-refractivity contribution in [2.45, 2.75) is 70.1 Å². The lowest BCUT2D eigenvalue weighted by Crippen LogP contribution is -2.26. The highest BCUT2D eigenvalue weighted by atomic mass is 32.2. The van der Waals surface area contributed by atoms with Gasteiger partial charge >= 0.3 is 0 Å². The zero-order valence-electron chi connectivity index (χ0n) is 15.5. The fraction of sp³-hybridized carbons (Fsp3) is 0.632. The van der Waals surface area contributed by atoms with Crippen LogP contribution in [0, 0.1) is 0 Å². The Morgan fingerprint density at radius 3 is 2.24 bits per heavy atom. The number of rotatable bonds is 13. The molecule has 0 aliphatic carbocycles. The number of carbonyl (C=O) groups excluding carboxylic acids is 1. The minimum atomic E-state index is -3.54. The van der Waals surface area contributed by atoms with E-state index in [1.807, 2.05) is 0 Å². The van der Waals surface area contributed by atoms with Gasteiger partial charge in [-0.3, -0.25) is 4.79 Å². The lowest BCUT2D eigenvalue weighted by atomic mass is 10.1. The molecule has 2 N–H and O–H groups in total. The van der Waals surface area contributed by atoms with E-state index in [9.17, 15) is 13.2 Å². The summed E-state index contributed by atoms with van der Waals surface area (Å²) in [6.07, 6.45) is 9.73. The fourth-order valence-corrected chi connectivity index (χ4v) is 3.73. The minimum absolute atomic E-state index is 0.120. The Morgan fingerprint density at radius 2 is 1.60 bits per heavy atom. The van der Waals surface area contributed by atoms with Crippen LogP contribution in [0.1, 0.15) is 75.6 Å². The average molecular weight is 369 g/mol. The van der Waals surface area contributed by atoms with Crippen LogP contribution in [-0.4, -0.2) is 27.4 Å². The number of nitrogens with one attached hydrogen (secondary N) is 2. The fourth-order valence-electron chi connectivity index (χ4n) is 2.64. The molecule has 5 nitrogen and oxygen atoms in total. The summed E-state index contributed by atoms with van der Waals surface area (Å²) in [5, 5.41) is 2.87. The molecule has 1 aromatic rings. The molecular formula is C19H32N2O3S. The first-order valence-electron chi connectivity index (χ1n) is 9.39. The van der Waals surface area contributed by atoms with Gasteiger partial charge in [0.1, 0.15) is 0 Å². The molecule has 0 bridgehead atoms. The Morgan fingerprint density at radius 1 is 0.960 bits per heavy atom. The van der Waals surface area contributed by atoms with Gasteiger partial charge in [0.25, 0.3) is 5.91 Å². The smallest absolute Gasteiger partial charge is 0.251 e. The first kappa shape index (κ1) is 21.6. The molecular weight excluding hydrogens is 336 g/mol. The standard InChI is InChI=1S/C19H32N2O3S/c1-3-5-6-7-8-9-10-11-15-20-19(22)17-13-12-14-18(16-17)25(23,24)21-4-2/h12-14,16,21H,3-11,15H2,1-2H3,(H,20,22). The number of carbonyl (C=O) groups is 1. The van der Waals surface area contributed by atoms with Crippen molar-refractivity contribution >= 4 is 15.9 Å². The number of unbranched alkanes of at least 4 members (excludes halogenated alkanes) is 7. The van der Waals surface area contributed by atoms with E-state index < -0.39 is 10.0 Å². The molecule has 6 heteroatoms. The third-order valence-corrected chi connectivity index (χ3v) is 5.60. The van der Waals surface area contributed by atoms with Crippen molar-refractivity contribution in [2.75, 3.05) is 13.1 Å². The molecule has 1 aromatic carbocycles. The van der Waals surface area contributed by atoms with Gasteiger partial charge in [0, 0.05) is 18.7 Å². The van der Waals surface area contributed by atoms with Gasteiger partial charge in [-0.25, -0.2) is 13.1 Å². The van der Waals surface area contributed by atoms with Crippen molar-refractivity contribution in [3.8, 4) is 0 Å². The summed E-state index contributed by atoms with van der Waals surface area (Å²) in [5.74, 6) is -0.225. The van der Waals surface area contributed by atoms with Crippen molar-refractivity contribution in [2.24, 2.45) is 0 Å². The molecule has 0 aliphatic heterocycles. The second-order valence-electron chi connectivity index (χ2n) is 6.26. The van der Waals surface area contributed by atoms with Crippen LogP contribution in [0.15, 0.2) is 29.2 Å². The van der Waals surface area contributed by atoms with Crippen LogP contribution in [0.5, 0.6) is 0 Å². The third kappa shape index (κ3) is 8.50. The quantitative estimate of drug-likeness (QED) is 0.519. The molecule has 1 rings (SSSR count). The van der Waals surface area contributed by atoms with Gasteiger partial charge in [0.15, 0.2) is 0 Å². The van der Waals surface area contributed by atoms with Gasteiger partial charge in [-0.15, -0.1) is 0 Å². The van der Waals surface area contributed by atoms with E-state index >= 15 is 0 Å². The molecule has 0 saturated heterocycles. The minimum Gasteiger partial charge on any atom is -0.352 e. The molecule has 0 spiro atoms. The Hall–Kier alpha value is -1.40. The van der Waals surface area contributed by atoms with Crippen LogP contribution in [0.3, 0.4) is 0 Å². The maximum atomic E-state index is 12.2. The SMILES string of the molecule is CCCCCCCCCCNC(=O)c1cccc(S(=O)(=O)NCC)c1. The number of sulfonamides is 1. The van der Waals surface area contributed by atoms with E-state index in [0.29, 0.717) is 18.7 Å². The van der Waals surface area contributed by atoms with Crippen LogP contribution < -0.4 is 10.0 Å². The second-order valence-corrected chi connectivity index (χ2v) is 8.03. The zero-order valence-corrected chi connectivity index (χ0v) is 16.3. The van der Waals surface area contributed by atoms with E-state index in [0.717, 1.165) is 12.8 Å². The van der Waals surface area contributed by atoms with Gasteiger partial charge in [-0.05, 0) is 24.6 Å². The first-order chi connectivity index (χ1) is 12.0. The molecule has 0 atom stereocenters. The predicted molar refractivity (Wildman–Crippen MR) is 102 cm³/mol. The Balaban J connectivity index is 2.34. The van der Waals surface area contributed by atoms with E-state index in [2.05, 4.69) is 17.0 Å². The lowest BCUT2D eigenvalue weighted by Gasteiger charge is -2.08. The van der Waals surface area contributed by atoms with E-state index in [4.69, 9.17) is 0 Å². The maximum Gasteiger partial charge on any atom is 0.251 e. The zero-order chi connectivity index (χ0) is 18.5. The maximum absolute atomic E-state index is 12.2. The second kappa shape index (κ2) is 12.0. The predicted octanol–water partition coefficient (Wildman–Crippen LogP) is 3.86. The molecule has 0 fully saturated rings. The van der Waals surface area contributed by atoms with Crippen LogP contribution >= 0.6 is 0 Å². The number of hydrogen-bond acceptors (Lipinski definition) is 3. The number of hydrogen-bond donors (Lipinski definition) is 2. The Labute approximate surface area is 152 Å². The van der Waals surface area contributed by atoms with Gasteiger partial charge < -0.3 is 5.32 Å². The van der Waals surface area contributed by atoms with E-state index in [-0.39, 0.29) is 10.8 Å². The third-order valence-electron chi connectivity index (χ3n) is 4.06. The summed E-state index contributed by atoms with van der Waals surface area (Å²) in [6.45, 7) is 4.88. The highest BCUT2D eigenvalue weighted by Crippen LogP contribution is 2.12. The highest BCUT2D eigenvalue weighted by Gasteiger charge is 2.14. The van der Waals surface area contributed by atoms with Crippen molar-refractivity contribution in [3.05, 3.63) is 29.8 Å². The molecule has 142 valence electrons. The summed E-state index contributed by atoms with van der Waals surface area (Å²) >= 11 is 0. The first-order valence-corrected chi connectivity index (χ1v) is 10.9. The van der Waals surface area contributed by atoms with Crippen molar-refractivity contribution in [1.29, 1.82) is 0 Å². The summed E-state index contributed by atoms with van der Waals surface area (Å²) in [5.41, 5.74) is 0.374. The largest absolute Gasteiger partial charge is 0.352 e. The van der Waals surface area contributed by atoms with Crippen LogP contribution in [0.2, 0.25) is 0 Å². The molecule has 0 heterocycles. The van der Waals surface area contributed by atoms with Gasteiger partial charge in [-0.1, -0.05) is 64.9 Å². The van der Waals surface area contributed by atoms with Crippen LogP contribution in [0.4, 0.5) is 0 Å². The van der Waals surface area contributed by atoms with Crippen LogP contribution in [-0.2, 0) is 10.0 Å². The van der Waals surface area contributed by atoms with Crippen molar-refractivity contribution in [1.82, 2.24) is 10.0 Å². The molecule has 0 radical (unpaired) electrons. The molecule has 1 amide bonds. The van der Waals surface area contributed by atoms with Gasteiger partial charge in [0.2, 0.25) is 10.0 Å². The monoisotopic (exact) mass is 368 g/mol. The van der Waals surface area contributed by atoms with Gasteiger partial charge in [-0.2, -0.15) is 0 Å². The molecule has 0 aromatic heterocycles. The summed E-state index contributed by atoms with van der Waals surface area (Å²) < 4.78 is 26.4. The Kier molecular flexibility index (Phi) is 10.4. The molecule has 25 heavy (non-hydrogen) atoms. The number of benzene rings is 1. The van der Waals surface area contributed by atoms with E-state index in [1.165, 1.54) is 50.7 Å². The average Bonchev–Trinajstić information content (AvgIpc) is 2.60. The summed E-state index contributed by atoms with van der Waals surface area (Å²) in [7, 11) is -3.54. The number of amides is 1. The van der Waals surface area contributed by atoms with Crippen molar-refractivity contribution < 1.29 is 13.2 Å². The summed E-state index contributed by atoms with van der Waals surface area (Å²) in [4.78, 5) is 12.3. The summed E-state index contributed by atoms with van der Waals surface area (Å²) in [6, 6.07) is 6.14. The topological polar surface area (TPSA) is 75.3 Å². The van der Waals surface area contributed by atoms with Crippen molar-refractivity contribution in [3.63, 3.8) is 0 Å². The van der Waals surface area contributed by atoms with Gasteiger partial charge in [0.05, 0.1) is 4.90 Å². The molecule has 0 aliphatic rings. The van der Waals surface area contributed by atoms with Crippen LogP contribution in [0.25, 0.3) is 0 Å². The lowest BCUT2D eigenvalue weighted by molar-refractivity contribution is 0.0952. The normalized spacial score (nSPS) is 11.4. The Bertz CT molecular complexity index is 615. The highest BCUT2D eigenvalue weighted by molar-refractivity contribution is 7.89. The molecule has 0 unspecified atom stereocenters. The molecule has 0 saturated carbocycles. The van der Waals surface area contributed by atoms with E-state index in [1.54, 1.807) is 19.1 Å².